The van der Waals surface area contributed by atoms with E-state index >= 15 is 0 Å². The van der Waals surface area contributed by atoms with E-state index in [1.807, 2.05) is 0 Å². The Morgan fingerprint density at radius 1 is 1.33 bits per heavy atom. The van der Waals surface area contributed by atoms with Crippen LogP contribution >= 0.6 is 11.6 Å². The predicted octanol–water partition coefficient (Wildman–Crippen LogP) is 3.96. The maximum absolute atomic E-state index is 6.35. The first kappa shape index (κ1) is 13.9. The number of rotatable bonds is 5. The number of hydrogen-bond donors (Lipinski definition) is 1. The molecule has 1 aliphatic rings. The Bertz CT molecular complexity index is 394. The first-order valence-corrected chi connectivity index (χ1v) is 7.32. The Kier molecular flexibility index (Phi) is 4.34. The van der Waals surface area contributed by atoms with E-state index in [0.717, 1.165) is 19.5 Å². The van der Waals surface area contributed by atoms with E-state index in [9.17, 15) is 0 Å². The highest BCUT2D eigenvalue weighted by Crippen LogP contribution is 2.34. The van der Waals surface area contributed by atoms with Crippen molar-refractivity contribution >= 4 is 11.6 Å². The van der Waals surface area contributed by atoms with Crippen molar-refractivity contribution in [2.45, 2.75) is 44.9 Å². The van der Waals surface area contributed by atoms with Crippen LogP contribution in [0.3, 0.4) is 0 Å². The zero-order chi connectivity index (χ0) is 13.2. The highest BCUT2D eigenvalue weighted by atomic mass is 35.5. The summed E-state index contributed by atoms with van der Waals surface area (Å²) < 4.78 is 0. The second-order valence-corrected chi connectivity index (χ2v) is 7.24. The molecule has 0 bridgehead atoms. The van der Waals surface area contributed by atoms with Gasteiger partial charge in [-0.1, -0.05) is 45.0 Å². The van der Waals surface area contributed by atoms with Crippen LogP contribution in [0.25, 0.3) is 0 Å². The van der Waals surface area contributed by atoms with Crippen LogP contribution < -0.4 is 5.32 Å². The molecule has 0 aromatic heterocycles. The molecule has 2 unspecified atom stereocenters. The number of benzene rings is 1. The summed E-state index contributed by atoms with van der Waals surface area (Å²) in [6.45, 7) is 8.70. The smallest absolute Gasteiger partial charge is 0.0465 e. The number of halogens is 1. The summed E-state index contributed by atoms with van der Waals surface area (Å²) >= 11 is 6.35. The largest absolute Gasteiger partial charge is 0.315 e. The van der Waals surface area contributed by atoms with E-state index in [1.165, 1.54) is 17.5 Å². The molecule has 0 heterocycles. The van der Waals surface area contributed by atoms with Gasteiger partial charge in [0.05, 0.1) is 0 Å². The number of nitrogens with one attached hydrogen (secondary N) is 1. The molecule has 1 nitrogen and oxygen atoms in total. The lowest BCUT2D eigenvalue weighted by Gasteiger charge is -2.31. The molecule has 0 radical (unpaired) electrons. The maximum Gasteiger partial charge on any atom is 0.0465 e. The molecule has 2 heteroatoms. The monoisotopic (exact) mass is 265 g/mol. The molecule has 0 saturated heterocycles. The molecule has 0 aliphatic heterocycles. The van der Waals surface area contributed by atoms with Crippen LogP contribution in [0.5, 0.6) is 0 Å². The van der Waals surface area contributed by atoms with Crippen LogP contribution in [0.4, 0.5) is 0 Å². The standard InChI is InChI=1S/C16H24ClN/c1-16(2,3)9-14(17)11-18-10-13-8-12-6-4-5-7-15(12)13/h4-7,13-14,18H,8-11H2,1-3H3. The summed E-state index contributed by atoms with van der Waals surface area (Å²) in [6, 6.07) is 8.74. The average Bonchev–Trinajstić information content (AvgIpc) is 2.22. The second kappa shape index (κ2) is 5.63. The number of fused-ring (bicyclic) bond motifs is 1. The second-order valence-electron chi connectivity index (χ2n) is 6.62. The normalized spacial score (nSPS) is 20.1. The van der Waals surface area contributed by atoms with Crippen molar-refractivity contribution in [2.24, 2.45) is 5.41 Å². The van der Waals surface area contributed by atoms with Gasteiger partial charge in [0.2, 0.25) is 0 Å². The lowest BCUT2D eigenvalue weighted by molar-refractivity contribution is 0.362. The van der Waals surface area contributed by atoms with E-state index in [4.69, 9.17) is 11.6 Å². The Morgan fingerprint density at radius 3 is 2.72 bits per heavy atom. The fraction of sp³-hybridized carbons (Fsp3) is 0.625. The van der Waals surface area contributed by atoms with Gasteiger partial charge in [-0.05, 0) is 29.4 Å². The van der Waals surface area contributed by atoms with Gasteiger partial charge in [-0.15, -0.1) is 11.6 Å². The van der Waals surface area contributed by atoms with Gasteiger partial charge in [-0.25, -0.2) is 0 Å². The van der Waals surface area contributed by atoms with Crippen LogP contribution in [-0.2, 0) is 6.42 Å². The van der Waals surface area contributed by atoms with Crippen LogP contribution in [0.1, 0.15) is 44.2 Å². The minimum atomic E-state index is 0.236. The third-order valence-corrected chi connectivity index (χ3v) is 3.86. The molecule has 1 N–H and O–H groups in total. The number of alkyl halides is 1. The summed E-state index contributed by atoms with van der Waals surface area (Å²) in [5.41, 5.74) is 3.35. The van der Waals surface area contributed by atoms with Crippen LogP contribution in [0, 0.1) is 5.41 Å². The van der Waals surface area contributed by atoms with E-state index in [-0.39, 0.29) is 5.38 Å². The van der Waals surface area contributed by atoms with Gasteiger partial charge < -0.3 is 5.32 Å². The highest BCUT2D eigenvalue weighted by molar-refractivity contribution is 6.20. The summed E-state index contributed by atoms with van der Waals surface area (Å²) in [5, 5.41) is 3.76. The van der Waals surface area contributed by atoms with Crippen molar-refractivity contribution < 1.29 is 0 Å². The van der Waals surface area contributed by atoms with E-state index in [0.29, 0.717) is 11.3 Å². The first-order chi connectivity index (χ1) is 8.46. The summed E-state index contributed by atoms with van der Waals surface area (Å²) in [5.74, 6) is 0.694. The first-order valence-electron chi connectivity index (χ1n) is 6.88. The molecule has 1 aromatic rings. The molecule has 0 amide bonds. The van der Waals surface area contributed by atoms with Gasteiger partial charge in [0.25, 0.3) is 0 Å². The molecule has 0 fully saturated rings. The minimum Gasteiger partial charge on any atom is -0.315 e. The minimum absolute atomic E-state index is 0.236. The Balaban J connectivity index is 1.69. The Morgan fingerprint density at radius 2 is 2.06 bits per heavy atom. The van der Waals surface area contributed by atoms with Gasteiger partial charge >= 0.3 is 0 Å². The van der Waals surface area contributed by atoms with Gasteiger partial charge in [-0.2, -0.15) is 0 Å². The van der Waals surface area contributed by atoms with E-state index < -0.39 is 0 Å². The van der Waals surface area contributed by atoms with Crippen molar-refractivity contribution in [2.75, 3.05) is 13.1 Å². The van der Waals surface area contributed by atoms with Gasteiger partial charge in [0.1, 0.15) is 0 Å². The molecular weight excluding hydrogens is 242 g/mol. The molecule has 0 spiro atoms. The maximum atomic E-state index is 6.35. The van der Waals surface area contributed by atoms with E-state index in [1.54, 1.807) is 0 Å². The molecule has 2 atom stereocenters. The SMILES string of the molecule is CC(C)(C)CC(Cl)CNCC1Cc2ccccc21. The molecule has 1 aliphatic carbocycles. The third-order valence-electron chi connectivity index (χ3n) is 3.55. The van der Waals surface area contributed by atoms with Gasteiger partial charge in [-0.3, -0.25) is 0 Å². The third kappa shape index (κ3) is 3.73. The Labute approximate surface area is 116 Å². The fourth-order valence-corrected chi connectivity index (χ4v) is 3.27. The highest BCUT2D eigenvalue weighted by Gasteiger charge is 2.25. The summed E-state index contributed by atoms with van der Waals surface area (Å²) in [4.78, 5) is 0. The fourth-order valence-electron chi connectivity index (χ4n) is 2.70. The van der Waals surface area contributed by atoms with Crippen molar-refractivity contribution in [3.05, 3.63) is 35.4 Å². The predicted molar refractivity (Wildman–Crippen MR) is 79.5 cm³/mol. The average molecular weight is 266 g/mol. The van der Waals surface area contributed by atoms with Crippen LogP contribution in [-0.4, -0.2) is 18.5 Å². The summed E-state index contributed by atoms with van der Waals surface area (Å²) in [6.07, 6.45) is 2.28. The van der Waals surface area contributed by atoms with Crippen molar-refractivity contribution in [3.8, 4) is 0 Å². The van der Waals surface area contributed by atoms with Crippen molar-refractivity contribution in [1.29, 1.82) is 0 Å². The molecule has 100 valence electrons. The van der Waals surface area contributed by atoms with Crippen molar-refractivity contribution in [1.82, 2.24) is 5.32 Å². The summed E-state index contributed by atoms with van der Waals surface area (Å²) in [7, 11) is 0. The molecule has 1 aromatic carbocycles. The molecule has 0 saturated carbocycles. The van der Waals surface area contributed by atoms with Gasteiger partial charge in [0.15, 0.2) is 0 Å². The van der Waals surface area contributed by atoms with Crippen LogP contribution in [0.2, 0.25) is 0 Å². The Hall–Kier alpha value is -0.530. The molecule has 2 rings (SSSR count). The van der Waals surface area contributed by atoms with Crippen LogP contribution in [0.15, 0.2) is 24.3 Å². The van der Waals surface area contributed by atoms with E-state index in [2.05, 4.69) is 50.4 Å². The quantitative estimate of drug-likeness (QED) is 0.795. The lowest BCUT2D eigenvalue weighted by Crippen LogP contribution is -2.33. The van der Waals surface area contributed by atoms with Gasteiger partial charge in [0, 0.05) is 24.4 Å². The molecule has 18 heavy (non-hydrogen) atoms. The topological polar surface area (TPSA) is 12.0 Å². The zero-order valence-corrected chi connectivity index (χ0v) is 12.4. The zero-order valence-electron chi connectivity index (χ0n) is 11.7. The lowest BCUT2D eigenvalue weighted by atomic mass is 9.77. The molecular formula is C16H24ClN. The van der Waals surface area contributed by atoms with Crippen molar-refractivity contribution in [3.63, 3.8) is 0 Å². The number of hydrogen-bond acceptors (Lipinski definition) is 1.